The lowest BCUT2D eigenvalue weighted by Crippen LogP contribution is -2.10. The summed E-state index contributed by atoms with van der Waals surface area (Å²) in [4.78, 5) is 4.10. The molecule has 0 bridgehead atoms. The molecule has 5 heteroatoms. The minimum atomic E-state index is 0.825. The molecular formula is C12H13BrClNS2. The number of halogens is 2. The van der Waals surface area contributed by atoms with Gasteiger partial charge in [0.2, 0.25) is 0 Å². The van der Waals surface area contributed by atoms with Crippen LogP contribution in [0.25, 0.3) is 0 Å². The third-order valence-electron chi connectivity index (χ3n) is 2.36. The molecule has 2 aromatic rings. The highest BCUT2D eigenvalue weighted by atomic mass is 79.9. The van der Waals surface area contributed by atoms with Gasteiger partial charge in [0.05, 0.1) is 0 Å². The summed E-state index contributed by atoms with van der Waals surface area (Å²) >= 11 is 12.9. The van der Waals surface area contributed by atoms with Gasteiger partial charge in [-0.05, 0) is 40.5 Å². The van der Waals surface area contributed by atoms with Gasteiger partial charge >= 0.3 is 0 Å². The van der Waals surface area contributed by atoms with E-state index in [9.17, 15) is 0 Å². The predicted molar refractivity (Wildman–Crippen MR) is 81.3 cm³/mol. The average Bonchev–Trinajstić information content (AvgIpc) is 2.87. The van der Waals surface area contributed by atoms with E-state index >= 15 is 0 Å². The summed E-state index contributed by atoms with van der Waals surface area (Å²) in [5, 5.41) is 3.44. The van der Waals surface area contributed by atoms with Crippen LogP contribution >= 0.6 is 50.2 Å². The second-order valence-corrected chi connectivity index (χ2v) is 7.51. The van der Waals surface area contributed by atoms with Gasteiger partial charge in [0.1, 0.15) is 4.34 Å². The Morgan fingerprint density at radius 2 is 1.88 bits per heavy atom. The molecule has 0 spiro atoms. The largest absolute Gasteiger partial charge is 0.307 e. The summed E-state index contributed by atoms with van der Waals surface area (Å²) in [7, 11) is 0. The standard InChI is InChI=1S/C12H13BrClNS2/c1-2-8-3-4-9(16-8)6-15-7-10-5-11(13)12(14)17-10/h3-5,15H,2,6-7H2,1H3. The summed E-state index contributed by atoms with van der Waals surface area (Å²) in [5.41, 5.74) is 0. The van der Waals surface area contributed by atoms with Crippen molar-refractivity contribution in [2.45, 2.75) is 26.4 Å². The van der Waals surface area contributed by atoms with E-state index in [-0.39, 0.29) is 0 Å². The van der Waals surface area contributed by atoms with Crippen molar-refractivity contribution >= 4 is 50.2 Å². The van der Waals surface area contributed by atoms with Gasteiger partial charge in [-0.15, -0.1) is 22.7 Å². The molecule has 92 valence electrons. The lowest BCUT2D eigenvalue weighted by Gasteiger charge is -1.99. The lowest BCUT2D eigenvalue weighted by atomic mass is 10.3. The SMILES string of the molecule is CCc1ccc(CNCc2cc(Br)c(Cl)s2)s1. The molecule has 0 aliphatic carbocycles. The van der Waals surface area contributed by atoms with Crippen LogP contribution in [0.1, 0.15) is 21.6 Å². The molecule has 2 heterocycles. The van der Waals surface area contributed by atoms with Crippen LogP contribution in [-0.4, -0.2) is 0 Å². The quantitative estimate of drug-likeness (QED) is 0.793. The fourth-order valence-corrected chi connectivity index (χ4v) is 4.18. The summed E-state index contributed by atoms with van der Waals surface area (Å²) in [6.45, 7) is 3.99. The van der Waals surface area contributed by atoms with Gasteiger partial charge in [-0.3, -0.25) is 0 Å². The molecule has 0 fully saturated rings. The average molecular weight is 351 g/mol. The number of hydrogen-bond acceptors (Lipinski definition) is 3. The van der Waals surface area contributed by atoms with E-state index < -0.39 is 0 Å². The number of rotatable bonds is 5. The first-order valence-electron chi connectivity index (χ1n) is 5.41. The highest BCUT2D eigenvalue weighted by Gasteiger charge is 2.04. The molecule has 0 saturated carbocycles. The minimum absolute atomic E-state index is 0.825. The maximum atomic E-state index is 5.99. The van der Waals surface area contributed by atoms with E-state index in [4.69, 9.17) is 11.6 Å². The summed E-state index contributed by atoms with van der Waals surface area (Å²) in [5.74, 6) is 0. The van der Waals surface area contributed by atoms with Gasteiger partial charge in [0.25, 0.3) is 0 Å². The third-order valence-corrected chi connectivity index (χ3v) is 6.06. The maximum absolute atomic E-state index is 5.99. The second-order valence-electron chi connectivity index (χ2n) is 3.66. The van der Waals surface area contributed by atoms with Gasteiger partial charge in [0.15, 0.2) is 0 Å². The van der Waals surface area contributed by atoms with Gasteiger partial charge in [-0.25, -0.2) is 0 Å². The molecule has 0 aromatic carbocycles. The van der Waals surface area contributed by atoms with Crippen LogP contribution in [0.4, 0.5) is 0 Å². The van der Waals surface area contributed by atoms with Crippen LogP contribution in [0.2, 0.25) is 4.34 Å². The van der Waals surface area contributed by atoms with Crippen molar-refractivity contribution in [3.05, 3.63) is 41.6 Å². The lowest BCUT2D eigenvalue weighted by molar-refractivity contribution is 0.709. The zero-order chi connectivity index (χ0) is 12.3. The van der Waals surface area contributed by atoms with E-state index in [1.807, 2.05) is 11.3 Å². The zero-order valence-electron chi connectivity index (χ0n) is 9.43. The Morgan fingerprint density at radius 3 is 2.47 bits per heavy atom. The summed E-state index contributed by atoms with van der Waals surface area (Å²) in [6, 6.07) is 6.49. The molecular weight excluding hydrogens is 338 g/mol. The fraction of sp³-hybridized carbons (Fsp3) is 0.333. The molecule has 0 amide bonds. The molecule has 0 atom stereocenters. The van der Waals surface area contributed by atoms with E-state index in [0.29, 0.717) is 0 Å². The van der Waals surface area contributed by atoms with Crippen molar-refractivity contribution in [3.63, 3.8) is 0 Å². The smallest absolute Gasteiger partial charge is 0.107 e. The normalized spacial score (nSPS) is 11.0. The molecule has 0 aliphatic rings. The van der Waals surface area contributed by atoms with Crippen molar-refractivity contribution < 1.29 is 0 Å². The molecule has 0 radical (unpaired) electrons. The van der Waals surface area contributed by atoms with Gasteiger partial charge in [-0.1, -0.05) is 18.5 Å². The number of nitrogens with one attached hydrogen (secondary N) is 1. The molecule has 17 heavy (non-hydrogen) atoms. The van der Waals surface area contributed by atoms with Crippen molar-refractivity contribution in [1.82, 2.24) is 5.32 Å². The Labute approximate surface area is 123 Å². The Hall–Kier alpha value is 0.130. The minimum Gasteiger partial charge on any atom is -0.307 e. The van der Waals surface area contributed by atoms with E-state index in [0.717, 1.165) is 28.3 Å². The van der Waals surface area contributed by atoms with Gasteiger partial charge in [-0.2, -0.15) is 0 Å². The zero-order valence-corrected chi connectivity index (χ0v) is 13.4. The molecule has 2 rings (SSSR count). The maximum Gasteiger partial charge on any atom is 0.107 e. The molecule has 0 unspecified atom stereocenters. The predicted octanol–water partition coefficient (Wildman–Crippen LogP) is 5.08. The third kappa shape index (κ3) is 3.80. The Morgan fingerprint density at radius 1 is 1.18 bits per heavy atom. The number of aryl methyl sites for hydroxylation is 1. The van der Waals surface area contributed by atoms with Gasteiger partial charge in [0, 0.05) is 32.2 Å². The first-order valence-corrected chi connectivity index (χ1v) is 8.21. The summed E-state index contributed by atoms with van der Waals surface area (Å²) in [6.07, 6.45) is 1.12. The highest BCUT2D eigenvalue weighted by molar-refractivity contribution is 9.10. The molecule has 1 nitrogen and oxygen atoms in total. The van der Waals surface area contributed by atoms with Crippen LogP contribution in [0, 0.1) is 0 Å². The van der Waals surface area contributed by atoms with Crippen molar-refractivity contribution in [1.29, 1.82) is 0 Å². The van der Waals surface area contributed by atoms with Gasteiger partial charge < -0.3 is 5.32 Å². The van der Waals surface area contributed by atoms with E-state index in [1.165, 1.54) is 14.6 Å². The topological polar surface area (TPSA) is 12.0 Å². The fourth-order valence-electron chi connectivity index (χ4n) is 1.49. The van der Waals surface area contributed by atoms with E-state index in [1.54, 1.807) is 11.3 Å². The Balaban J connectivity index is 1.83. The van der Waals surface area contributed by atoms with Crippen molar-refractivity contribution in [3.8, 4) is 0 Å². The molecule has 0 aliphatic heterocycles. The monoisotopic (exact) mass is 349 g/mol. The van der Waals surface area contributed by atoms with Crippen molar-refractivity contribution in [2.24, 2.45) is 0 Å². The molecule has 2 aromatic heterocycles. The Bertz CT molecular complexity index is 473. The highest BCUT2D eigenvalue weighted by Crippen LogP contribution is 2.31. The molecule has 0 saturated heterocycles. The first-order chi connectivity index (χ1) is 8.19. The van der Waals surface area contributed by atoms with Crippen LogP contribution in [-0.2, 0) is 19.5 Å². The first kappa shape index (κ1) is 13.6. The second kappa shape index (κ2) is 6.34. The van der Waals surface area contributed by atoms with Crippen molar-refractivity contribution in [2.75, 3.05) is 0 Å². The van der Waals surface area contributed by atoms with Crippen LogP contribution < -0.4 is 5.32 Å². The Kier molecular flexibility index (Phi) is 5.06. The van der Waals surface area contributed by atoms with Crippen LogP contribution in [0.15, 0.2) is 22.7 Å². The van der Waals surface area contributed by atoms with E-state index in [2.05, 4.69) is 46.4 Å². The summed E-state index contributed by atoms with van der Waals surface area (Å²) < 4.78 is 1.82. The van der Waals surface area contributed by atoms with Crippen LogP contribution in [0.5, 0.6) is 0 Å². The van der Waals surface area contributed by atoms with Crippen LogP contribution in [0.3, 0.4) is 0 Å². The molecule has 1 N–H and O–H groups in total. The number of thiophene rings is 2. The number of hydrogen-bond donors (Lipinski definition) is 1.